The fourth-order valence-corrected chi connectivity index (χ4v) is 2.82. The monoisotopic (exact) mass is 223 g/mol. The first-order valence-electron chi connectivity index (χ1n) is 5.80. The summed E-state index contributed by atoms with van der Waals surface area (Å²) in [6.45, 7) is 7.62. The van der Waals surface area contributed by atoms with Crippen LogP contribution in [0.3, 0.4) is 0 Å². The Morgan fingerprint density at radius 1 is 1.50 bits per heavy atom. The molecule has 1 saturated heterocycles. The lowest BCUT2D eigenvalue weighted by molar-refractivity contribution is 0.352. The van der Waals surface area contributed by atoms with E-state index in [1.54, 1.807) is 7.11 Å². The molecule has 0 spiro atoms. The molecule has 0 aliphatic carbocycles. The highest BCUT2D eigenvalue weighted by molar-refractivity contribution is 5.37. The molecule has 0 amide bonds. The lowest BCUT2D eigenvalue weighted by Crippen LogP contribution is -2.37. The molecule has 2 heterocycles. The molecule has 1 atom stereocenters. The summed E-state index contributed by atoms with van der Waals surface area (Å²) in [6, 6.07) is 0. The zero-order valence-electron chi connectivity index (χ0n) is 10.8. The van der Waals surface area contributed by atoms with E-state index in [0.717, 1.165) is 24.5 Å². The number of rotatable bonds is 2. The Kier molecular flexibility index (Phi) is 2.70. The van der Waals surface area contributed by atoms with Crippen molar-refractivity contribution in [2.45, 2.75) is 38.6 Å². The van der Waals surface area contributed by atoms with E-state index in [9.17, 15) is 0 Å². The van der Waals surface area contributed by atoms with Gasteiger partial charge in [0.05, 0.1) is 12.8 Å². The minimum absolute atomic E-state index is 0.126. The van der Waals surface area contributed by atoms with Crippen LogP contribution in [0.1, 0.15) is 37.4 Å². The van der Waals surface area contributed by atoms with E-state index in [2.05, 4.69) is 31.2 Å². The number of ether oxygens (including phenoxy) is 1. The number of hydrogen-bond donors (Lipinski definition) is 1. The zero-order chi connectivity index (χ0) is 11.9. The first-order valence-corrected chi connectivity index (χ1v) is 5.80. The molecule has 4 nitrogen and oxygen atoms in total. The summed E-state index contributed by atoms with van der Waals surface area (Å²) >= 11 is 0. The first-order chi connectivity index (χ1) is 7.47. The van der Waals surface area contributed by atoms with Gasteiger partial charge in [-0.05, 0) is 33.7 Å². The Balaban J connectivity index is 2.47. The Morgan fingerprint density at radius 3 is 2.69 bits per heavy atom. The van der Waals surface area contributed by atoms with E-state index in [4.69, 9.17) is 4.74 Å². The van der Waals surface area contributed by atoms with Crippen molar-refractivity contribution >= 4 is 0 Å². The van der Waals surface area contributed by atoms with Crippen LogP contribution in [0.5, 0.6) is 5.88 Å². The van der Waals surface area contributed by atoms with Crippen molar-refractivity contribution in [3.63, 3.8) is 0 Å². The molecule has 0 aromatic carbocycles. The highest BCUT2D eigenvalue weighted by Crippen LogP contribution is 2.41. The largest absolute Gasteiger partial charge is 0.481 e. The van der Waals surface area contributed by atoms with Gasteiger partial charge in [0.1, 0.15) is 0 Å². The van der Waals surface area contributed by atoms with E-state index in [1.165, 1.54) is 5.56 Å². The second-order valence-electron chi connectivity index (χ2n) is 5.12. The molecule has 1 aromatic rings. The van der Waals surface area contributed by atoms with E-state index >= 15 is 0 Å². The number of nitrogens with zero attached hydrogens (tertiary/aromatic N) is 2. The molecule has 1 fully saturated rings. The first kappa shape index (κ1) is 11.5. The molecule has 90 valence electrons. The van der Waals surface area contributed by atoms with Gasteiger partial charge in [0.15, 0.2) is 0 Å². The molecule has 1 unspecified atom stereocenters. The predicted octanol–water partition coefficient (Wildman–Crippen LogP) is 1.59. The SMILES string of the molecule is COc1c(C2CCNC2(C)C)c(C)nn1C. The molecule has 1 aliphatic rings. The van der Waals surface area contributed by atoms with Crippen LogP contribution >= 0.6 is 0 Å². The molecule has 16 heavy (non-hydrogen) atoms. The Labute approximate surface area is 97.0 Å². The van der Waals surface area contributed by atoms with Crippen molar-refractivity contribution in [3.05, 3.63) is 11.3 Å². The minimum Gasteiger partial charge on any atom is -0.481 e. The maximum atomic E-state index is 5.48. The fraction of sp³-hybridized carbons (Fsp3) is 0.750. The fourth-order valence-electron chi connectivity index (χ4n) is 2.82. The number of hydrogen-bond acceptors (Lipinski definition) is 3. The van der Waals surface area contributed by atoms with Gasteiger partial charge in [0.25, 0.3) is 0 Å². The predicted molar refractivity (Wildman–Crippen MR) is 63.9 cm³/mol. The van der Waals surface area contributed by atoms with Crippen LogP contribution < -0.4 is 10.1 Å². The second kappa shape index (κ2) is 3.77. The quantitative estimate of drug-likeness (QED) is 0.827. The van der Waals surface area contributed by atoms with Gasteiger partial charge in [-0.15, -0.1) is 0 Å². The van der Waals surface area contributed by atoms with Crippen molar-refractivity contribution in [2.75, 3.05) is 13.7 Å². The summed E-state index contributed by atoms with van der Waals surface area (Å²) in [7, 11) is 3.65. The molecule has 1 N–H and O–H groups in total. The van der Waals surface area contributed by atoms with Gasteiger partial charge in [-0.1, -0.05) is 0 Å². The molecular weight excluding hydrogens is 202 g/mol. The van der Waals surface area contributed by atoms with Crippen LogP contribution in [-0.2, 0) is 7.05 Å². The summed E-state index contributed by atoms with van der Waals surface area (Å²) < 4.78 is 7.31. The van der Waals surface area contributed by atoms with Gasteiger partial charge >= 0.3 is 0 Å². The number of aromatic nitrogens is 2. The Bertz CT molecular complexity index is 395. The molecule has 0 saturated carbocycles. The summed E-state index contributed by atoms with van der Waals surface area (Å²) in [6.07, 6.45) is 1.15. The third-order valence-corrected chi connectivity index (χ3v) is 3.64. The molecule has 1 aliphatic heterocycles. The van der Waals surface area contributed by atoms with Crippen molar-refractivity contribution in [2.24, 2.45) is 7.05 Å². The summed E-state index contributed by atoms with van der Waals surface area (Å²) in [5.74, 6) is 1.38. The lowest BCUT2D eigenvalue weighted by atomic mass is 9.83. The second-order valence-corrected chi connectivity index (χ2v) is 5.12. The molecule has 1 aromatic heterocycles. The summed E-state index contributed by atoms with van der Waals surface area (Å²) in [5.41, 5.74) is 2.47. The summed E-state index contributed by atoms with van der Waals surface area (Å²) in [4.78, 5) is 0. The molecule has 2 rings (SSSR count). The molecule has 0 bridgehead atoms. The maximum Gasteiger partial charge on any atom is 0.215 e. The lowest BCUT2D eigenvalue weighted by Gasteiger charge is -2.27. The van der Waals surface area contributed by atoms with Crippen LogP contribution in [-0.4, -0.2) is 29.0 Å². The topological polar surface area (TPSA) is 39.1 Å². The Hall–Kier alpha value is -1.03. The average Bonchev–Trinajstić information content (AvgIpc) is 2.65. The van der Waals surface area contributed by atoms with Crippen molar-refractivity contribution in [1.29, 1.82) is 0 Å². The smallest absolute Gasteiger partial charge is 0.215 e. The molecule has 4 heteroatoms. The third-order valence-electron chi connectivity index (χ3n) is 3.64. The van der Waals surface area contributed by atoms with Gasteiger partial charge in [-0.3, -0.25) is 0 Å². The standard InChI is InChI=1S/C12H21N3O/c1-8-10(11(16-5)15(4)14-8)9-6-7-13-12(9,2)3/h9,13H,6-7H2,1-5H3. The van der Waals surface area contributed by atoms with Gasteiger partial charge in [-0.25, -0.2) is 4.68 Å². The van der Waals surface area contributed by atoms with Gasteiger partial charge in [-0.2, -0.15) is 5.10 Å². The molecular formula is C12H21N3O. The molecule has 0 radical (unpaired) electrons. The van der Waals surface area contributed by atoms with Crippen LogP contribution in [0.15, 0.2) is 0 Å². The third kappa shape index (κ3) is 1.61. The minimum atomic E-state index is 0.126. The van der Waals surface area contributed by atoms with Crippen LogP contribution in [0, 0.1) is 6.92 Å². The van der Waals surface area contributed by atoms with Gasteiger partial charge in [0.2, 0.25) is 5.88 Å². The van der Waals surface area contributed by atoms with Crippen LogP contribution in [0.25, 0.3) is 0 Å². The van der Waals surface area contributed by atoms with E-state index < -0.39 is 0 Å². The maximum absolute atomic E-state index is 5.48. The number of nitrogens with one attached hydrogen (secondary N) is 1. The Morgan fingerprint density at radius 2 is 2.19 bits per heavy atom. The average molecular weight is 223 g/mol. The number of methoxy groups -OCH3 is 1. The summed E-state index contributed by atoms with van der Waals surface area (Å²) in [5, 5.41) is 8.00. The van der Waals surface area contributed by atoms with Gasteiger partial charge in [0, 0.05) is 24.1 Å². The van der Waals surface area contributed by atoms with E-state index in [-0.39, 0.29) is 5.54 Å². The van der Waals surface area contributed by atoms with Crippen molar-refractivity contribution in [3.8, 4) is 5.88 Å². The number of aryl methyl sites for hydroxylation is 2. The van der Waals surface area contributed by atoms with Crippen molar-refractivity contribution < 1.29 is 4.74 Å². The van der Waals surface area contributed by atoms with Crippen LogP contribution in [0.4, 0.5) is 0 Å². The highest BCUT2D eigenvalue weighted by Gasteiger charge is 2.39. The van der Waals surface area contributed by atoms with Gasteiger partial charge < -0.3 is 10.1 Å². The van der Waals surface area contributed by atoms with E-state index in [1.807, 2.05) is 11.7 Å². The highest BCUT2D eigenvalue weighted by atomic mass is 16.5. The normalized spacial score (nSPS) is 23.7. The zero-order valence-corrected chi connectivity index (χ0v) is 10.8. The van der Waals surface area contributed by atoms with E-state index in [0.29, 0.717) is 5.92 Å². The van der Waals surface area contributed by atoms with Crippen LogP contribution in [0.2, 0.25) is 0 Å². The van der Waals surface area contributed by atoms with Crippen molar-refractivity contribution in [1.82, 2.24) is 15.1 Å².